The van der Waals surface area contributed by atoms with E-state index in [4.69, 9.17) is 4.99 Å². The second kappa shape index (κ2) is 6.26. The fourth-order valence-corrected chi connectivity index (χ4v) is 3.61. The number of nitrogens with one attached hydrogen (secondary N) is 1. The lowest BCUT2D eigenvalue weighted by atomic mass is 10.1. The number of nitrogens with zero attached hydrogens (tertiary/aromatic N) is 4. The van der Waals surface area contributed by atoms with Gasteiger partial charge in [0.1, 0.15) is 11.4 Å². The number of anilines is 1. The van der Waals surface area contributed by atoms with Gasteiger partial charge in [-0.25, -0.2) is 4.68 Å². The third-order valence-corrected chi connectivity index (χ3v) is 4.88. The van der Waals surface area contributed by atoms with Gasteiger partial charge in [-0.2, -0.15) is 0 Å². The monoisotopic (exact) mass is 341 g/mol. The number of benzene rings is 3. The van der Waals surface area contributed by atoms with Gasteiger partial charge in [0.15, 0.2) is 0 Å². The predicted octanol–water partition coefficient (Wildman–Crippen LogP) is 4.24. The summed E-state index contributed by atoms with van der Waals surface area (Å²) in [5.74, 6) is 0.989. The number of hydrogen-bond acceptors (Lipinski definition) is 3. The van der Waals surface area contributed by atoms with Crippen molar-refractivity contribution in [3.05, 3.63) is 66.2 Å². The van der Waals surface area contributed by atoms with E-state index in [9.17, 15) is 0 Å². The van der Waals surface area contributed by atoms with Crippen LogP contribution < -0.4 is 5.32 Å². The van der Waals surface area contributed by atoms with E-state index in [0.29, 0.717) is 0 Å². The molecule has 1 aromatic heterocycles. The van der Waals surface area contributed by atoms with E-state index < -0.39 is 0 Å². The van der Waals surface area contributed by atoms with Crippen molar-refractivity contribution in [1.82, 2.24) is 15.0 Å². The highest BCUT2D eigenvalue weighted by atomic mass is 15.4. The number of unbranched alkanes of at least 4 members (excludes halogenated alkanes) is 1. The van der Waals surface area contributed by atoms with Gasteiger partial charge in [-0.05, 0) is 36.4 Å². The van der Waals surface area contributed by atoms with Crippen LogP contribution in [0.5, 0.6) is 0 Å². The van der Waals surface area contributed by atoms with Crippen molar-refractivity contribution < 1.29 is 0 Å². The molecule has 5 rings (SSSR count). The Kier molecular flexibility index (Phi) is 3.63. The summed E-state index contributed by atoms with van der Waals surface area (Å²) in [7, 11) is 0. The van der Waals surface area contributed by atoms with Crippen LogP contribution in [0.2, 0.25) is 0 Å². The Balaban J connectivity index is 1.24. The second-order valence-corrected chi connectivity index (χ2v) is 6.57. The molecule has 0 bridgehead atoms. The molecule has 1 N–H and O–H groups in total. The van der Waals surface area contributed by atoms with Crippen molar-refractivity contribution in [1.29, 1.82) is 0 Å². The van der Waals surface area contributed by atoms with Gasteiger partial charge in [0.25, 0.3) is 0 Å². The highest BCUT2D eigenvalue weighted by Crippen LogP contribution is 2.32. The van der Waals surface area contributed by atoms with Crippen molar-refractivity contribution in [2.75, 3.05) is 11.9 Å². The second-order valence-electron chi connectivity index (χ2n) is 6.57. The van der Waals surface area contributed by atoms with E-state index in [1.165, 1.54) is 16.3 Å². The first kappa shape index (κ1) is 15.1. The highest BCUT2D eigenvalue weighted by molar-refractivity contribution is 6.25. The quantitative estimate of drug-likeness (QED) is 0.553. The highest BCUT2D eigenvalue weighted by Gasteiger charge is 2.18. The lowest BCUT2D eigenvalue weighted by Gasteiger charge is -2.03. The maximum absolute atomic E-state index is 4.80. The zero-order chi connectivity index (χ0) is 17.3. The van der Waals surface area contributed by atoms with Crippen LogP contribution >= 0.6 is 0 Å². The van der Waals surface area contributed by atoms with E-state index in [1.807, 2.05) is 22.9 Å². The molecule has 1 aliphatic rings. The average molecular weight is 341 g/mol. The molecule has 0 unspecified atom stereocenters. The van der Waals surface area contributed by atoms with Crippen LogP contribution in [0.25, 0.3) is 21.8 Å². The molecule has 1 aliphatic heterocycles. The Morgan fingerprint density at radius 3 is 2.77 bits per heavy atom. The topological polar surface area (TPSA) is 55.1 Å². The van der Waals surface area contributed by atoms with E-state index in [-0.39, 0.29) is 0 Å². The molecule has 4 aromatic rings. The minimum atomic E-state index is 0.805. The number of aliphatic imine (C=N–C) groups is 1. The third-order valence-electron chi connectivity index (χ3n) is 4.88. The number of fused-ring (bicyclic) bond motifs is 1. The smallest absolute Gasteiger partial charge is 0.133 e. The van der Waals surface area contributed by atoms with Crippen LogP contribution in [-0.2, 0) is 6.54 Å². The summed E-state index contributed by atoms with van der Waals surface area (Å²) >= 11 is 0. The molecule has 0 spiro atoms. The first-order valence-electron chi connectivity index (χ1n) is 9.02. The van der Waals surface area contributed by atoms with E-state index in [0.717, 1.165) is 48.5 Å². The minimum absolute atomic E-state index is 0.805. The number of para-hydroxylation sites is 1. The predicted molar refractivity (Wildman–Crippen MR) is 106 cm³/mol. The normalized spacial score (nSPS) is 14.4. The van der Waals surface area contributed by atoms with Crippen molar-refractivity contribution in [2.45, 2.75) is 19.4 Å². The zero-order valence-corrected chi connectivity index (χ0v) is 14.4. The summed E-state index contributed by atoms with van der Waals surface area (Å²) in [6.07, 6.45) is 2.05. The molecular weight excluding hydrogens is 322 g/mol. The Morgan fingerprint density at radius 1 is 0.923 bits per heavy atom. The summed E-state index contributed by atoms with van der Waals surface area (Å²) < 4.78 is 1.98. The molecule has 0 saturated heterocycles. The van der Waals surface area contributed by atoms with Gasteiger partial charge in [0, 0.05) is 29.7 Å². The molecule has 5 heteroatoms. The van der Waals surface area contributed by atoms with Crippen molar-refractivity contribution >= 4 is 33.3 Å². The fraction of sp³-hybridized carbons (Fsp3) is 0.190. The summed E-state index contributed by atoms with van der Waals surface area (Å²) in [5, 5.41) is 14.4. The SMILES string of the molecule is c1cc2c3c(cccc3c1)C(=NCCCCn1nnc3ccccc31)N2. The Morgan fingerprint density at radius 2 is 1.81 bits per heavy atom. The number of hydrogen-bond donors (Lipinski definition) is 1. The average Bonchev–Trinajstić information content (AvgIpc) is 3.25. The van der Waals surface area contributed by atoms with Gasteiger partial charge in [-0.1, -0.05) is 47.7 Å². The molecule has 3 aromatic carbocycles. The van der Waals surface area contributed by atoms with E-state index >= 15 is 0 Å². The number of aromatic nitrogens is 3. The molecule has 2 heterocycles. The summed E-state index contributed by atoms with van der Waals surface area (Å²) in [6.45, 7) is 1.67. The number of rotatable bonds is 5. The molecule has 0 atom stereocenters. The Labute approximate surface area is 151 Å². The largest absolute Gasteiger partial charge is 0.339 e. The van der Waals surface area contributed by atoms with E-state index in [2.05, 4.69) is 58.1 Å². The maximum Gasteiger partial charge on any atom is 0.133 e. The van der Waals surface area contributed by atoms with Gasteiger partial charge in [0.2, 0.25) is 0 Å². The van der Waals surface area contributed by atoms with Crippen molar-refractivity contribution in [3.8, 4) is 0 Å². The maximum atomic E-state index is 4.80. The molecule has 26 heavy (non-hydrogen) atoms. The molecule has 0 amide bonds. The van der Waals surface area contributed by atoms with Gasteiger partial charge >= 0.3 is 0 Å². The molecule has 0 fully saturated rings. The molecule has 0 saturated carbocycles. The van der Waals surface area contributed by atoms with E-state index in [1.54, 1.807) is 0 Å². The first-order valence-corrected chi connectivity index (χ1v) is 9.02. The lowest BCUT2D eigenvalue weighted by Crippen LogP contribution is -2.08. The van der Waals surface area contributed by atoms with Crippen LogP contribution in [-0.4, -0.2) is 27.4 Å². The van der Waals surface area contributed by atoms with Gasteiger partial charge in [0.05, 0.1) is 5.52 Å². The molecule has 128 valence electrons. The van der Waals surface area contributed by atoms with Gasteiger partial charge < -0.3 is 5.32 Å². The van der Waals surface area contributed by atoms with Crippen molar-refractivity contribution in [3.63, 3.8) is 0 Å². The minimum Gasteiger partial charge on any atom is -0.339 e. The van der Waals surface area contributed by atoms with Gasteiger partial charge in [-0.15, -0.1) is 5.10 Å². The van der Waals surface area contributed by atoms with Crippen LogP contribution in [0.3, 0.4) is 0 Å². The number of amidine groups is 1. The lowest BCUT2D eigenvalue weighted by molar-refractivity contribution is 0.558. The molecular formula is C21H19N5. The summed E-state index contributed by atoms with van der Waals surface area (Å²) in [5.41, 5.74) is 4.42. The third kappa shape index (κ3) is 2.52. The Hall–Kier alpha value is -3.21. The Bertz CT molecular complexity index is 1120. The standard InChI is InChI=1S/C21H19N5/c1-2-12-19-17(10-1)24-25-26(19)14-4-3-13-22-21-16-9-5-7-15-8-6-11-18(23-21)20(15)16/h1-2,5-12H,3-4,13-14H2,(H,22,23). The zero-order valence-electron chi connectivity index (χ0n) is 14.4. The van der Waals surface area contributed by atoms with Crippen LogP contribution in [0.1, 0.15) is 18.4 Å². The fourth-order valence-electron chi connectivity index (χ4n) is 3.61. The van der Waals surface area contributed by atoms with Crippen LogP contribution in [0.4, 0.5) is 5.69 Å². The summed E-state index contributed by atoms with van der Waals surface area (Å²) in [4.78, 5) is 4.80. The van der Waals surface area contributed by atoms with Crippen molar-refractivity contribution in [2.24, 2.45) is 4.99 Å². The number of aryl methyl sites for hydroxylation is 1. The van der Waals surface area contributed by atoms with Crippen LogP contribution in [0, 0.1) is 0 Å². The first-order chi connectivity index (χ1) is 12.9. The van der Waals surface area contributed by atoms with Gasteiger partial charge in [-0.3, -0.25) is 4.99 Å². The molecule has 0 aliphatic carbocycles. The summed E-state index contributed by atoms with van der Waals surface area (Å²) in [6, 6.07) is 20.8. The van der Waals surface area contributed by atoms with Crippen LogP contribution in [0.15, 0.2) is 65.7 Å². The molecule has 5 nitrogen and oxygen atoms in total. The molecule has 0 radical (unpaired) electrons.